The average Bonchev–Trinajstić information content (AvgIpc) is 2.71. The van der Waals surface area contributed by atoms with Crippen molar-refractivity contribution in [2.75, 3.05) is 6.54 Å². The minimum Gasteiger partial charge on any atom is -0.330 e. The molecule has 1 fully saturated rings. The molecule has 4 heteroatoms. The number of hydrogen-bond acceptors (Lipinski definition) is 2. The molecule has 2 N–H and O–H groups in total. The summed E-state index contributed by atoms with van der Waals surface area (Å²) in [6.07, 6.45) is 5.34. The highest BCUT2D eigenvalue weighted by Crippen LogP contribution is 2.35. The normalized spacial score (nSPS) is 28.2. The van der Waals surface area contributed by atoms with Crippen LogP contribution in [0, 0.1) is 5.92 Å². The third-order valence-electron chi connectivity index (χ3n) is 2.86. The lowest BCUT2D eigenvalue weighted by Gasteiger charge is -2.18. The number of nitrogens with zero attached hydrogens (tertiary/aromatic N) is 2. The first-order valence-corrected chi connectivity index (χ1v) is 5.10. The fourth-order valence-corrected chi connectivity index (χ4v) is 2.38. The Bertz CT molecular complexity index is 284. The summed E-state index contributed by atoms with van der Waals surface area (Å²) in [5, 5.41) is 4.95. The van der Waals surface area contributed by atoms with Gasteiger partial charge in [0, 0.05) is 0 Å². The molecule has 1 saturated carbocycles. The lowest BCUT2D eigenvalue weighted by Crippen LogP contribution is -2.22. The van der Waals surface area contributed by atoms with Gasteiger partial charge in [-0.05, 0) is 31.4 Å². The van der Waals surface area contributed by atoms with Crippen LogP contribution in [-0.2, 0) is 0 Å². The summed E-state index contributed by atoms with van der Waals surface area (Å²) in [5.41, 5.74) is 5.70. The van der Waals surface area contributed by atoms with E-state index in [1.165, 1.54) is 12.8 Å². The molecule has 1 aromatic rings. The van der Waals surface area contributed by atoms with Crippen LogP contribution in [0.2, 0.25) is 5.15 Å². The molecule has 2 rings (SSSR count). The Balaban J connectivity index is 2.20. The van der Waals surface area contributed by atoms with Crippen molar-refractivity contribution < 1.29 is 0 Å². The molecule has 1 aliphatic carbocycles. The van der Waals surface area contributed by atoms with Crippen molar-refractivity contribution >= 4 is 11.6 Å². The largest absolute Gasteiger partial charge is 0.330 e. The van der Waals surface area contributed by atoms with E-state index < -0.39 is 0 Å². The maximum absolute atomic E-state index is 6.00. The summed E-state index contributed by atoms with van der Waals surface area (Å²) >= 11 is 6.00. The van der Waals surface area contributed by atoms with Crippen molar-refractivity contribution in [3.8, 4) is 0 Å². The molecule has 13 heavy (non-hydrogen) atoms. The molecular weight excluding hydrogens is 186 g/mol. The van der Waals surface area contributed by atoms with E-state index in [9.17, 15) is 0 Å². The Hall–Kier alpha value is -0.540. The summed E-state index contributed by atoms with van der Waals surface area (Å²) < 4.78 is 1.91. The van der Waals surface area contributed by atoms with Gasteiger partial charge >= 0.3 is 0 Å². The molecule has 0 aliphatic heterocycles. The number of rotatable bonds is 2. The summed E-state index contributed by atoms with van der Waals surface area (Å²) in [7, 11) is 0. The zero-order valence-electron chi connectivity index (χ0n) is 7.49. The fraction of sp³-hybridized carbons (Fsp3) is 0.667. The number of aromatic nitrogens is 2. The van der Waals surface area contributed by atoms with Crippen LogP contribution >= 0.6 is 11.6 Å². The van der Waals surface area contributed by atoms with E-state index in [2.05, 4.69) is 5.10 Å². The summed E-state index contributed by atoms with van der Waals surface area (Å²) in [5.74, 6) is 0.553. The van der Waals surface area contributed by atoms with Gasteiger partial charge in [0.2, 0.25) is 0 Å². The number of hydrogen-bond donors (Lipinski definition) is 1. The number of nitrogens with two attached hydrogens (primary N) is 1. The molecule has 2 unspecified atom stereocenters. The highest BCUT2D eigenvalue weighted by Gasteiger charge is 2.28. The molecule has 1 heterocycles. The van der Waals surface area contributed by atoms with Gasteiger partial charge in [0.25, 0.3) is 0 Å². The van der Waals surface area contributed by atoms with Crippen LogP contribution in [0.3, 0.4) is 0 Å². The molecule has 0 bridgehead atoms. The van der Waals surface area contributed by atoms with Crippen LogP contribution in [0.15, 0.2) is 12.3 Å². The van der Waals surface area contributed by atoms with Crippen LogP contribution in [0.1, 0.15) is 25.3 Å². The SMILES string of the molecule is NCC1CCCC1n1nccc1Cl. The molecule has 0 saturated heterocycles. The monoisotopic (exact) mass is 199 g/mol. The van der Waals surface area contributed by atoms with Crippen LogP contribution in [0.5, 0.6) is 0 Å². The van der Waals surface area contributed by atoms with E-state index in [1.807, 2.05) is 10.7 Å². The molecule has 0 amide bonds. The predicted octanol–water partition coefficient (Wildman–Crippen LogP) is 1.84. The molecule has 0 radical (unpaired) electrons. The summed E-state index contributed by atoms with van der Waals surface area (Å²) in [6, 6.07) is 2.25. The Morgan fingerprint density at radius 2 is 2.46 bits per heavy atom. The van der Waals surface area contributed by atoms with Gasteiger partial charge in [-0.25, -0.2) is 0 Å². The Morgan fingerprint density at radius 3 is 3.08 bits per heavy atom. The molecule has 3 nitrogen and oxygen atoms in total. The second kappa shape index (κ2) is 3.68. The van der Waals surface area contributed by atoms with Crippen LogP contribution in [0.4, 0.5) is 0 Å². The van der Waals surface area contributed by atoms with Gasteiger partial charge < -0.3 is 5.73 Å². The lowest BCUT2D eigenvalue weighted by atomic mass is 10.0. The van der Waals surface area contributed by atoms with E-state index in [-0.39, 0.29) is 0 Å². The van der Waals surface area contributed by atoms with Crippen molar-refractivity contribution in [1.29, 1.82) is 0 Å². The summed E-state index contributed by atoms with van der Waals surface area (Å²) in [4.78, 5) is 0. The van der Waals surface area contributed by atoms with Crippen LogP contribution < -0.4 is 5.73 Å². The molecular formula is C9H14ClN3. The lowest BCUT2D eigenvalue weighted by molar-refractivity contribution is 0.358. The first-order valence-electron chi connectivity index (χ1n) is 4.72. The van der Waals surface area contributed by atoms with Crippen LogP contribution in [-0.4, -0.2) is 16.3 Å². The minimum atomic E-state index is 0.424. The standard InChI is InChI=1S/C9H14ClN3/c10-9-4-5-12-13(9)8-3-1-2-7(8)6-11/h4-5,7-8H,1-3,6,11H2. The van der Waals surface area contributed by atoms with Gasteiger partial charge in [0.15, 0.2) is 0 Å². The second-order valence-electron chi connectivity index (χ2n) is 3.59. The third-order valence-corrected chi connectivity index (χ3v) is 3.16. The molecule has 0 aromatic carbocycles. The third kappa shape index (κ3) is 1.58. The van der Waals surface area contributed by atoms with E-state index in [4.69, 9.17) is 17.3 Å². The zero-order chi connectivity index (χ0) is 9.26. The highest BCUT2D eigenvalue weighted by molar-refractivity contribution is 6.29. The maximum Gasteiger partial charge on any atom is 0.127 e. The molecule has 0 spiro atoms. The van der Waals surface area contributed by atoms with Crippen molar-refractivity contribution in [2.24, 2.45) is 11.7 Å². The average molecular weight is 200 g/mol. The Kier molecular flexibility index (Phi) is 2.56. The molecule has 1 aliphatic rings. The van der Waals surface area contributed by atoms with Gasteiger partial charge in [0.1, 0.15) is 5.15 Å². The molecule has 1 aromatic heterocycles. The first-order chi connectivity index (χ1) is 6.33. The topological polar surface area (TPSA) is 43.8 Å². The van der Waals surface area contributed by atoms with Gasteiger partial charge in [0.05, 0.1) is 12.2 Å². The van der Waals surface area contributed by atoms with Crippen molar-refractivity contribution in [3.63, 3.8) is 0 Å². The van der Waals surface area contributed by atoms with Gasteiger partial charge in [-0.3, -0.25) is 4.68 Å². The van der Waals surface area contributed by atoms with Gasteiger partial charge in [-0.1, -0.05) is 18.0 Å². The van der Waals surface area contributed by atoms with E-state index in [0.29, 0.717) is 12.0 Å². The van der Waals surface area contributed by atoms with E-state index in [1.54, 1.807) is 6.20 Å². The van der Waals surface area contributed by atoms with E-state index in [0.717, 1.165) is 18.1 Å². The quantitative estimate of drug-likeness (QED) is 0.790. The van der Waals surface area contributed by atoms with Gasteiger partial charge in [-0.2, -0.15) is 5.10 Å². The van der Waals surface area contributed by atoms with Crippen molar-refractivity contribution in [2.45, 2.75) is 25.3 Å². The Morgan fingerprint density at radius 1 is 1.62 bits per heavy atom. The zero-order valence-corrected chi connectivity index (χ0v) is 8.24. The highest BCUT2D eigenvalue weighted by atomic mass is 35.5. The summed E-state index contributed by atoms with van der Waals surface area (Å²) in [6.45, 7) is 0.737. The van der Waals surface area contributed by atoms with Crippen molar-refractivity contribution in [1.82, 2.24) is 9.78 Å². The molecule has 72 valence electrons. The first kappa shape index (κ1) is 9.03. The maximum atomic E-state index is 6.00. The van der Waals surface area contributed by atoms with Gasteiger partial charge in [-0.15, -0.1) is 0 Å². The Labute approximate surface area is 82.9 Å². The minimum absolute atomic E-state index is 0.424. The van der Waals surface area contributed by atoms with Crippen LogP contribution in [0.25, 0.3) is 0 Å². The number of halogens is 1. The molecule has 2 atom stereocenters. The predicted molar refractivity (Wildman–Crippen MR) is 52.7 cm³/mol. The fourth-order valence-electron chi connectivity index (χ4n) is 2.16. The van der Waals surface area contributed by atoms with Crippen molar-refractivity contribution in [3.05, 3.63) is 17.4 Å². The smallest absolute Gasteiger partial charge is 0.127 e. The second-order valence-corrected chi connectivity index (χ2v) is 3.98. The van der Waals surface area contributed by atoms with E-state index >= 15 is 0 Å².